The fourth-order valence-electron chi connectivity index (χ4n) is 2.71. The van der Waals surface area contributed by atoms with Gasteiger partial charge >= 0.3 is 0 Å². The Kier molecular flexibility index (Phi) is 4.73. The van der Waals surface area contributed by atoms with Crippen LogP contribution in [0.3, 0.4) is 0 Å². The second-order valence-electron chi connectivity index (χ2n) is 8.66. The third-order valence-corrected chi connectivity index (χ3v) is 4.36. The molecule has 0 radical (unpaired) electrons. The van der Waals surface area contributed by atoms with Crippen LogP contribution in [0.2, 0.25) is 0 Å². The van der Waals surface area contributed by atoms with Gasteiger partial charge in [-0.05, 0) is 40.0 Å². The van der Waals surface area contributed by atoms with E-state index in [4.69, 9.17) is 0 Å². The monoisotopic (exact) mass is 310 g/mol. The molecule has 0 aliphatic rings. The standard InChI is InChI=1S/C22H30O/c1-15-9-8-10-16(11-15)20(23)17-12-18(21(2,3)4)14-19(13-17)22(5,6)7/h8-14,20,23H,1-7H3. The Morgan fingerprint density at radius 2 is 1.26 bits per heavy atom. The summed E-state index contributed by atoms with van der Waals surface area (Å²) in [5.74, 6) is 0. The quantitative estimate of drug-likeness (QED) is 0.757. The molecule has 0 saturated carbocycles. The first-order chi connectivity index (χ1) is 10.5. The van der Waals surface area contributed by atoms with Gasteiger partial charge in [0.15, 0.2) is 0 Å². The molecule has 1 nitrogen and oxygen atoms in total. The molecule has 23 heavy (non-hydrogen) atoms. The Morgan fingerprint density at radius 3 is 1.70 bits per heavy atom. The zero-order valence-electron chi connectivity index (χ0n) is 15.6. The largest absolute Gasteiger partial charge is 0.384 e. The van der Waals surface area contributed by atoms with Gasteiger partial charge in [0.2, 0.25) is 0 Å². The zero-order valence-corrected chi connectivity index (χ0v) is 15.6. The molecule has 0 bridgehead atoms. The van der Waals surface area contributed by atoms with Crippen LogP contribution in [0.15, 0.2) is 42.5 Å². The van der Waals surface area contributed by atoms with Crippen LogP contribution in [-0.2, 0) is 10.8 Å². The smallest absolute Gasteiger partial charge is 0.104 e. The third-order valence-electron chi connectivity index (χ3n) is 4.36. The Hall–Kier alpha value is -1.60. The fraction of sp³-hybridized carbons (Fsp3) is 0.455. The van der Waals surface area contributed by atoms with Crippen LogP contribution in [-0.4, -0.2) is 5.11 Å². The van der Waals surface area contributed by atoms with Gasteiger partial charge in [0.05, 0.1) is 0 Å². The summed E-state index contributed by atoms with van der Waals surface area (Å²) < 4.78 is 0. The molecule has 1 N–H and O–H groups in total. The summed E-state index contributed by atoms with van der Waals surface area (Å²) in [6.45, 7) is 15.4. The highest BCUT2D eigenvalue weighted by Gasteiger charge is 2.22. The van der Waals surface area contributed by atoms with E-state index in [0.717, 1.165) is 11.1 Å². The highest BCUT2D eigenvalue weighted by Crippen LogP contribution is 2.33. The molecule has 0 aromatic heterocycles. The maximum absolute atomic E-state index is 10.9. The predicted octanol–water partition coefficient (Wildman–Crippen LogP) is 5.67. The van der Waals surface area contributed by atoms with Crippen LogP contribution >= 0.6 is 0 Å². The van der Waals surface area contributed by atoms with E-state index in [1.165, 1.54) is 16.7 Å². The van der Waals surface area contributed by atoms with Crippen LogP contribution in [0.25, 0.3) is 0 Å². The molecule has 1 heteroatoms. The molecule has 0 aliphatic heterocycles. The van der Waals surface area contributed by atoms with E-state index in [1.54, 1.807) is 0 Å². The van der Waals surface area contributed by atoms with Crippen molar-refractivity contribution in [3.05, 3.63) is 70.3 Å². The van der Waals surface area contributed by atoms with Gasteiger partial charge < -0.3 is 5.11 Å². The number of aliphatic hydroxyl groups excluding tert-OH is 1. The van der Waals surface area contributed by atoms with Crippen molar-refractivity contribution in [2.24, 2.45) is 0 Å². The highest BCUT2D eigenvalue weighted by molar-refractivity contribution is 5.41. The SMILES string of the molecule is Cc1cccc(C(O)c2cc(C(C)(C)C)cc(C(C)(C)C)c2)c1. The molecular formula is C22H30O. The average Bonchev–Trinajstić information content (AvgIpc) is 2.44. The molecule has 2 rings (SSSR count). The maximum Gasteiger partial charge on any atom is 0.104 e. The number of benzene rings is 2. The lowest BCUT2D eigenvalue weighted by Crippen LogP contribution is -2.18. The molecule has 124 valence electrons. The van der Waals surface area contributed by atoms with Gasteiger partial charge in [-0.3, -0.25) is 0 Å². The molecule has 2 aromatic rings. The molecule has 1 atom stereocenters. The van der Waals surface area contributed by atoms with Crippen molar-refractivity contribution < 1.29 is 5.11 Å². The topological polar surface area (TPSA) is 20.2 Å². The minimum absolute atomic E-state index is 0.0579. The first-order valence-corrected chi connectivity index (χ1v) is 8.39. The first-order valence-electron chi connectivity index (χ1n) is 8.39. The van der Waals surface area contributed by atoms with E-state index < -0.39 is 6.10 Å². The van der Waals surface area contributed by atoms with Crippen LogP contribution in [0.1, 0.15) is 75.5 Å². The van der Waals surface area contributed by atoms with Gasteiger partial charge in [0.1, 0.15) is 6.10 Å². The Labute approximate surface area is 141 Å². The molecule has 0 fully saturated rings. The maximum atomic E-state index is 10.9. The van der Waals surface area contributed by atoms with E-state index in [9.17, 15) is 5.11 Å². The van der Waals surface area contributed by atoms with Crippen molar-refractivity contribution in [2.45, 2.75) is 65.4 Å². The summed E-state index contributed by atoms with van der Waals surface area (Å²) in [4.78, 5) is 0. The van der Waals surface area contributed by atoms with Gasteiger partial charge in [-0.15, -0.1) is 0 Å². The molecule has 1 unspecified atom stereocenters. The highest BCUT2D eigenvalue weighted by atomic mass is 16.3. The molecule has 2 aromatic carbocycles. The Morgan fingerprint density at radius 1 is 0.739 bits per heavy atom. The minimum Gasteiger partial charge on any atom is -0.384 e. The summed E-state index contributed by atoms with van der Waals surface area (Å²) >= 11 is 0. The van der Waals surface area contributed by atoms with Crippen molar-refractivity contribution in [1.82, 2.24) is 0 Å². The van der Waals surface area contributed by atoms with E-state index in [2.05, 4.69) is 78.8 Å². The zero-order chi connectivity index (χ0) is 17.4. The molecule has 0 saturated heterocycles. The van der Waals surface area contributed by atoms with Gasteiger partial charge in [0, 0.05) is 0 Å². The lowest BCUT2D eigenvalue weighted by atomic mass is 9.78. The lowest BCUT2D eigenvalue weighted by molar-refractivity contribution is 0.220. The number of aliphatic hydroxyl groups is 1. The normalized spacial score (nSPS) is 13.9. The van der Waals surface area contributed by atoms with Crippen molar-refractivity contribution >= 4 is 0 Å². The van der Waals surface area contributed by atoms with E-state index in [0.29, 0.717) is 0 Å². The summed E-state index contributed by atoms with van der Waals surface area (Å²) in [6, 6.07) is 14.7. The molecular weight excluding hydrogens is 280 g/mol. The van der Waals surface area contributed by atoms with Crippen molar-refractivity contribution in [1.29, 1.82) is 0 Å². The van der Waals surface area contributed by atoms with Gasteiger partial charge in [0.25, 0.3) is 0 Å². The van der Waals surface area contributed by atoms with Crippen molar-refractivity contribution in [3.63, 3.8) is 0 Å². The Balaban J connectivity index is 2.57. The van der Waals surface area contributed by atoms with E-state index >= 15 is 0 Å². The predicted molar refractivity (Wildman–Crippen MR) is 99.1 cm³/mol. The molecule has 0 spiro atoms. The summed E-state index contributed by atoms with van der Waals surface area (Å²) in [5.41, 5.74) is 5.76. The number of hydrogen-bond donors (Lipinski definition) is 1. The van der Waals surface area contributed by atoms with Crippen LogP contribution in [0.4, 0.5) is 0 Å². The summed E-state index contributed by atoms with van der Waals surface area (Å²) in [7, 11) is 0. The van der Waals surface area contributed by atoms with Crippen molar-refractivity contribution in [2.75, 3.05) is 0 Å². The summed E-state index contributed by atoms with van der Waals surface area (Å²) in [5, 5.41) is 10.9. The molecule has 0 aliphatic carbocycles. The number of aryl methyl sites for hydroxylation is 1. The van der Waals surface area contributed by atoms with E-state index in [1.807, 2.05) is 12.1 Å². The number of rotatable bonds is 2. The fourth-order valence-corrected chi connectivity index (χ4v) is 2.71. The lowest BCUT2D eigenvalue weighted by Gasteiger charge is -2.27. The minimum atomic E-state index is -0.585. The second kappa shape index (κ2) is 6.13. The number of hydrogen-bond acceptors (Lipinski definition) is 1. The van der Waals surface area contributed by atoms with Crippen molar-refractivity contribution in [3.8, 4) is 0 Å². The van der Waals surface area contributed by atoms with Crippen LogP contribution in [0, 0.1) is 6.92 Å². The molecule has 0 amide bonds. The average molecular weight is 310 g/mol. The third kappa shape index (κ3) is 4.23. The van der Waals surface area contributed by atoms with Gasteiger partial charge in [-0.2, -0.15) is 0 Å². The summed E-state index contributed by atoms with van der Waals surface area (Å²) in [6.07, 6.45) is -0.585. The van der Waals surface area contributed by atoms with Gasteiger partial charge in [-0.25, -0.2) is 0 Å². The van der Waals surface area contributed by atoms with Crippen LogP contribution < -0.4 is 0 Å². The first kappa shape index (κ1) is 17.7. The van der Waals surface area contributed by atoms with E-state index in [-0.39, 0.29) is 10.8 Å². The second-order valence-corrected chi connectivity index (χ2v) is 8.66. The molecule has 0 heterocycles. The Bertz CT molecular complexity index is 652. The van der Waals surface area contributed by atoms with Gasteiger partial charge in [-0.1, -0.05) is 89.6 Å². The van der Waals surface area contributed by atoms with Crippen LogP contribution in [0.5, 0.6) is 0 Å².